The van der Waals surface area contributed by atoms with Gasteiger partial charge >= 0.3 is 0 Å². The fraction of sp³-hybridized carbons (Fsp3) is 0.385. The van der Waals surface area contributed by atoms with Crippen LogP contribution in [-0.2, 0) is 12.5 Å². The van der Waals surface area contributed by atoms with Gasteiger partial charge in [0.15, 0.2) is 0 Å². The zero-order chi connectivity index (χ0) is 12.6. The normalized spacial score (nSPS) is 11.7. The molecule has 0 atom stereocenters. The standard InChI is InChI=1S/C13H15N3O/c1-13(2,8-17)12-15-10-5-4-9(7-14)6-11(10)16(12)3/h4-6,17H,8H2,1-3H3. The van der Waals surface area contributed by atoms with E-state index in [0.717, 1.165) is 16.9 Å². The van der Waals surface area contributed by atoms with Crippen LogP contribution >= 0.6 is 0 Å². The lowest BCUT2D eigenvalue weighted by molar-refractivity contribution is 0.209. The second-order valence-electron chi connectivity index (χ2n) is 4.85. The van der Waals surface area contributed by atoms with E-state index in [9.17, 15) is 5.11 Å². The van der Waals surface area contributed by atoms with E-state index in [2.05, 4.69) is 11.1 Å². The minimum absolute atomic E-state index is 0.0370. The van der Waals surface area contributed by atoms with Gasteiger partial charge in [0, 0.05) is 12.5 Å². The molecule has 0 aliphatic heterocycles. The molecule has 0 fully saturated rings. The Hall–Kier alpha value is -1.86. The molecule has 17 heavy (non-hydrogen) atoms. The molecule has 0 bridgehead atoms. The van der Waals surface area contributed by atoms with Crippen LogP contribution in [0.5, 0.6) is 0 Å². The van der Waals surface area contributed by atoms with Crippen LogP contribution in [-0.4, -0.2) is 21.3 Å². The van der Waals surface area contributed by atoms with Gasteiger partial charge in [0.25, 0.3) is 0 Å². The van der Waals surface area contributed by atoms with Gasteiger partial charge in [-0.3, -0.25) is 0 Å². The van der Waals surface area contributed by atoms with Crippen molar-refractivity contribution >= 4 is 11.0 Å². The number of fused-ring (bicyclic) bond motifs is 1. The van der Waals surface area contributed by atoms with Gasteiger partial charge in [-0.25, -0.2) is 4.98 Å². The summed E-state index contributed by atoms with van der Waals surface area (Å²) in [6.45, 7) is 3.92. The van der Waals surface area contributed by atoms with E-state index in [1.54, 1.807) is 6.07 Å². The van der Waals surface area contributed by atoms with E-state index in [0.29, 0.717) is 5.56 Å². The molecule has 88 valence electrons. The number of aliphatic hydroxyl groups is 1. The summed E-state index contributed by atoms with van der Waals surface area (Å²) in [6, 6.07) is 7.53. The van der Waals surface area contributed by atoms with Gasteiger partial charge in [-0.2, -0.15) is 5.26 Å². The van der Waals surface area contributed by atoms with Crippen LogP contribution in [0.2, 0.25) is 0 Å². The van der Waals surface area contributed by atoms with Crippen LogP contribution in [0.4, 0.5) is 0 Å². The molecule has 0 aliphatic carbocycles. The van der Waals surface area contributed by atoms with E-state index in [-0.39, 0.29) is 12.0 Å². The van der Waals surface area contributed by atoms with Gasteiger partial charge in [-0.15, -0.1) is 0 Å². The van der Waals surface area contributed by atoms with Crippen LogP contribution in [0.25, 0.3) is 11.0 Å². The van der Waals surface area contributed by atoms with Crippen molar-refractivity contribution in [3.05, 3.63) is 29.6 Å². The molecule has 0 radical (unpaired) electrons. The average Bonchev–Trinajstić information content (AvgIpc) is 2.67. The number of imidazole rings is 1. The van der Waals surface area contributed by atoms with Crippen molar-refractivity contribution in [3.63, 3.8) is 0 Å². The maximum absolute atomic E-state index is 9.39. The predicted octanol–water partition coefficient (Wildman–Crippen LogP) is 1.71. The lowest BCUT2D eigenvalue weighted by Gasteiger charge is -2.20. The molecular formula is C13H15N3O. The summed E-state index contributed by atoms with van der Waals surface area (Å²) in [5.41, 5.74) is 2.00. The SMILES string of the molecule is Cn1c(C(C)(C)CO)nc2ccc(C#N)cc21. The highest BCUT2D eigenvalue weighted by molar-refractivity contribution is 5.78. The number of hydrogen-bond donors (Lipinski definition) is 1. The van der Waals surface area contributed by atoms with Crippen molar-refractivity contribution in [2.45, 2.75) is 19.3 Å². The van der Waals surface area contributed by atoms with E-state index in [1.807, 2.05) is 37.6 Å². The molecular weight excluding hydrogens is 214 g/mol. The maximum atomic E-state index is 9.39. The average molecular weight is 229 g/mol. The Bertz CT molecular complexity index is 605. The van der Waals surface area contributed by atoms with Crippen LogP contribution in [0, 0.1) is 11.3 Å². The van der Waals surface area contributed by atoms with Gasteiger partial charge in [-0.05, 0) is 18.2 Å². The third-order valence-electron chi connectivity index (χ3n) is 3.01. The molecule has 0 spiro atoms. The third-order valence-corrected chi connectivity index (χ3v) is 3.01. The summed E-state index contributed by atoms with van der Waals surface area (Å²) in [7, 11) is 1.91. The summed E-state index contributed by atoms with van der Waals surface area (Å²) in [5, 5.41) is 18.3. The lowest BCUT2D eigenvalue weighted by Crippen LogP contribution is -2.26. The number of hydrogen-bond acceptors (Lipinski definition) is 3. The topological polar surface area (TPSA) is 61.8 Å². The van der Waals surface area contributed by atoms with Crippen molar-refractivity contribution in [1.29, 1.82) is 5.26 Å². The number of nitriles is 1. The molecule has 0 amide bonds. The number of aromatic nitrogens is 2. The zero-order valence-electron chi connectivity index (χ0n) is 10.2. The zero-order valence-corrected chi connectivity index (χ0v) is 10.2. The quantitative estimate of drug-likeness (QED) is 0.852. The largest absolute Gasteiger partial charge is 0.395 e. The van der Waals surface area contributed by atoms with E-state index in [4.69, 9.17) is 5.26 Å². The molecule has 4 heteroatoms. The smallest absolute Gasteiger partial charge is 0.117 e. The van der Waals surface area contributed by atoms with Gasteiger partial charge in [0.2, 0.25) is 0 Å². The first kappa shape index (κ1) is 11.6. The minimum Gasteiger partial charge on any atom is -0.395 e. The lowest BCUT2D eigenvalue weighted by atomic mass is 9.94. The van der Waals surface area contributed by atoms with Crippen molar-refractivity contribution < 1.29 is 5.11 Å². The van der Waals surface area contributed by atoms with E-state index in [1.165, 1.54) is 0 Å². The maximum Gasteiger partial charge on any atom is 0.117 e. The first-order chi connectivity index (χ1) is 7.99. The number of aliphatic hydroxyl groups excluding tert-OH is 1. The van der Waals surface area contributed by atoms with Gasteiger partial charge in [0.1, 0.15) is 5.82 Å². The van der Waals surface area contributed by atoms with Crippen LogP contribution < -0.4 is 0 Å². The molecule has 2 aromatic rings. The highest BCUT2D eigenvalue weighted by Crippen LogP contribution is 2.25. The highest BCUT2D eigenvalue weighted by atomic mass is 16.3. The molecule has 0 saturated heterocycles. The minimum atomic E-state index is -0.388. The number of rotatable bonds is 2. The fourth-order valence-corrected chi connectivity index (χ4v) is 1.94. The first-order valence-electron chi connectivity index (χ1n) is 5.47. The van der Waals surface area contributed by atoms with Crippen LogP contribution in [0.15, 0.2) is 18.2 Å². The Morgan fingerprint density at radius 1 is 1.47 bits per heavy atom. The second-order valence-corrected chi connectivity index (χ2v) is 4.85. The Morgan fingerprint density at radius 3 is 2.76 bits per heavy atom. The second kappa shape index (κ2) is 3.86. The van der Waals surface area contributed by atoms with E-state index >= 15 is 0 Å². The molecule has 4 nitrogen and oxygen atoms in total. The molecule has 0 saturated carbocycles. The molecule has 0 aliphatic rings. The predicted molar refractivity (Wildman–Crippen MR) is 65.5 cm³/mol. The Labute approximate surface area is 100 Å². The summed E-state index contributed by atoms with van der Waals surface area (Å²) in [5.74, 6) is 0.824. The molecule has 0 unspecified atom stereocenters. The number of aryl methyl sites for hydroxylation is 1. The summed E-state index contributed by atoms with van der Waals surface area (Å²) >= 11 is 0. The first-order valence-corrected chi connectivity index (χ1v) is 5.47. The third kappa shape index (κ3) is 1.79. The molecule has 2 rings (SSSR count). The van der Waals surface area contributed by atoms with Crippen molar-refractivity contribution in [1.82, 2.24) is 9.55 Å². The Kier molecular flexibility index (Phi) is 2.64. The summed E-state index contributed by atoms with van der Waals surface area (Å²) in [6.07, 6.45) is 0. The van der Waals surface area contributed by atoms with Crippen molar-refractivity contribution in [2.24, 2.45) is 7.05 Å². The number of nitrogens with zero attached hydrogens (tertiary/aromatic N) is 3. The van der Waals surface area contributed by atoms with Crippen LogP contribution in [0.3, 0.4) is 0 Å². The van der Waals surface area contributed by atoms with Gasteiger partial charge in [-0.1, -0.05) is 13.8 Å². The van der Waals surface area contributed by atoms with Gasteiger partial charge in [0.05, 0.1) is 29.3 Å². The van der Waals surface area contributed by atoms with Crippen molar-refractivity contribution in [3.8, 4) is 6.07 Å². The summed E-state index contributed by atoms with van der Waals surface area (Å²) < 4.78 is 1.94. The summed E-state index contributed by atoms with van der Waals surface area (Å²) in [4.78, 5) is 4.52. The Morgan fingerprint density at radius 2 is 2.18 bits per heavy atom. The van der Waals surface area contributed by atoms with Gasteiger partial charge < -0.3 is 9.67 Å². The monoisotopic (exact) mass is 229 g/mol. The van der Waals surface area contributed by atoms with E-state index < -0.39 is 0 Å². The molecule has 1 heterocycles. The molecule has 1 N–H and O–H groups in total. The van der Waals surface area contributed by atoms with Crippen LogP contribution in [0.1, 0.15) is 25.2 Å². The Balaban J connectivity index is 2.70. The highest BCUT2D eigenvalue weighted by Gasteiger charge is 2.25. The van der Waals surface area contributed by atoms with Crippen molar-refractivity contribution in [2.75, 3.05) is 6.61 Å². The molecule has 1 aromatic carbocycles. The molecule has 1 aromatic heterocycles. The fourth-order valence-electron chi connectivity index (χ4n) is 1.94. The number of benzene rings is 1.